The average Bonchev–Trinajstić information content (AvgIpc) is 3.36. The largest absolute Gasteiger partial charge is 0.346 e. The van der Waals surface area contributed by atoms with Crippen molar-refractivity contribution >= 4 is 11.0 Å². The van der Waals surface area contributed by atoms with E-state index in [0.29, 0.717) is 5.92 Å². The molecule has 0 bridgehead atoms. The molecule has 0 atom stereocenters. The Kier molecular flexibility index (Phi) is 4.41. The predicted molar refractivity (Wildman–Crippen MR) is 107 cm³/mol. The lowest BCUT2D eigenvalue weighted by Gasteiger charge is -2.31. The number of aromatic nitrogens is 4. The molecule has 28 heavy (non-hydrogen) atoms. The van der Waals surface area contributed by atoms with Gasteiger partial charge < -0.3 is 4.98 Å². The second-order valence-corrected chi connectivity index (χ2v) is 7.47. The normalized spacial score (nSPS) is 16.0. The zero-order valence-electron chi connectivity index (χ0n) is 15.5. The first-order valence-electron chi connectivity index (χ1n) is 9.70. The van der Waals surface area contributed by atoms with Crippen LogP contribution in [0, 0.1) is 5.82 Å². The van der Waals surface area contributed by atoms with Crippen LogP contribution < -0.4 is 0 Å². The van der Waals surface area contributed by atoms with E-state index in [0.717, 1.165) is 54.9 Å². The van der Waals surface area contributed by atoms with E-state index in [-0.39, 0.29) is 5.82 Å². The third-order valence-electron chi connectivity index (χ3n) is 5.76. The molecule has 4 heterocycles. The van der Waals surface area contributed by atoms with E-state index in [2.05, 4.69) is 37.3 Å². The molecule has 1 aromatic carbocycles. The highest BCUT2D eigenvalue weighted by atomic mass is 19.1. The molecule has 6 heteroatoms. The number of nitrogens with one attached hydrogen (secondary N) is 2. The number of H-pyrrole nitrogens is 2. The number of halogens is 1. The molecule has 0 aliphatic carbocycles. The first-order valence-corrected chi connectivity index (χ1v) is 9.70. The van der Waals surface area contributed by atoms with E-state index in [9.17, 15) is 4.39 Å². The van der Waals surface area contributed by atoms with Gasteiger partial charge in [-0.05, 0) is 73.8 Å². The average molecular weight is 375 g/mol. The molecule has 1 aliphatic rings. The predicted octanol–water partition coefficient (Wildman–Crippen LogP) is 4.47. The van der Waals surface area contributed by atoms with Gasteiger partial charge in [0.15, 0.2) is 0 Å². The Hall–Kier alpha value is -2.99. The summed E-state index contributed by atoms with van der Waals surface area (Å²) in [6.07, 6.45) is 8.10. The summed E-state index contributed by atoms with van der Waals surface area (Å²) in [5.41, 5.74) is 5.46. The fourth-order valence-electron chi connectivity index (χ4n) is 4.26. The van der Waals surface area contributed by atoms with E-state index in [1.165, 1.54) is 23.1 Å². The van der Waals surface area contributed by atoms with Gasteiger partial charge in [0.25, 0.3) is 0 Å². The van der Waals surface area contributed by atoms with Crippen molar-refractivity contribution in [2.75, 3.05) is 13.1 Å². The number of nitrogens with zero attached hydrogens (tertiary/aromatic N) is 3. The van der Waals surface area contributed by atoms with Crippen LogP contribution in [-0.2, 0) is 6.54 Å². The maximum Gasteiger partial charge on any atom is 0.137 e. The van der Waals surface area contributed by atoms with Crippen molar-refractivity contribution in [1.82, 2.24) is 25.1 Å². The number of aromatic amines is 2. The zero-order valence-corrected chi connectivity index (χ0v) is 15.5. The fourth-order valence-corrected chi connectivity index (χ4v) is 4.26. The molecule has 3 aromatic heterocycles. The van der Waals surface area contributed by atoms with E-state index < -0.39 is 0 Å². The molecule has 5 nitrogen and oxygen atoms in total. The van der Waals surface area contributed by atoms with Crippen molar-refractivity contribution in [3.8, 4) is 11.3 Å². The number of benzene rings is 1. The molecule has 4 aromatic rings. The number of rotatable bonds is 4. The summed E-state index contributed by atoms with van der Waals surface area (Å²) in [5.74, 6) is 0.342. The number of hydrogen-bond acceptors (Lipinski definition) is 3. The topological polar surface area (TPSA) is 60.6 Å². The van der Waals surface area contributed by atoms with Crippen LogP contribution in [0.3, 0.4) is 0 Å². The van der Waals surface area contributed by atoms with Crippen molar-refractivity contribution in [3.63, 3.8) is 0 Å². The van der Waals surface area contributed by atoms with Crippen LogP contribution in [-0.4, -0.2) is 38.2 Å². The van der Waals surface area contributed by atoms with E-state index >= 15 is 0 Å². The van der Waals surface area contributed by atoms with Gasteiger partial charge in [-0.1, -0.05) is 0 Å². The van der Waals surface area contributed by atoms with Crippen molar-refractivity contribution in [1.29, 1.82) is 0 Å². The Bertz CT molecular complexity index is 1070. The maximum atomic E-state index is 13.2. The number of likely N-dealkylation sites (tertiary alicyclic amines) is 1. The SMILES string of the molecule is Fc1ccc(-c2[nH]ncc2CN2CCC(c3c[nH]c4ncccc34)CC2)cc1. The molecule has 0 spiro atoms. The summed E-state index contributed by atoms with van der Waals surface area (Å²) >= 11 is 0. The molecule has 0 saturated carbocycles. The van der Waals surface area contributed by atoms with Gasteiger partial charge in [0.05, 0.1) is 11.9 Å². The summed E-state index contributed by atoms with van der Waals surface area (Å²) in [6, 6.07) is 10.7. The van der Waals surface area contributed by atoms with Crippen molar-refractivity contribution in [3.05, 3.63) is 71.9 Å². The molecule has 2 N–H and O–H groups in total. The number of hydrogen-bond donors (Lipinski definition) is 2. The van der Waals surface area contributed by atoms with Gasteiger partial charge in [-0.15, -0.1) is 0 Å². The maximum absolute atomic E-state index is 13.2. The molecular weight excluding hydrogens is 353 g/mol. The minimum Gasteiger partial charge on any atom is -0.346 e. The van der Waals surface area contributed by atoms with Gasteiger partial charge in [-0.2, -0.15) is 5.10 Å². The third-order valence-corrected chi connectivity index (χ3v) is 5.76. The fraction of sp³-hybridized carbons (Fsp3) is 0.273. The standard InChI is InChI=1S/C22H22FN5/c23-18-5-3-16(4-6-18)21-17(12-26-27-21)14-28-10-7-15(8-11-28)20-13-25-22-19(20)2-1-9-24-22/h1-6,9,12-13,15H,7-8,10-11,14H2,(H,24,25)(H,26,27). The number of fused-ring (bicyclic) bond motifs is 1. The van der Waals surface area contributed by atoms with Crippen LogP contribution in [0.1, 0.15) is 29.9 Å². The Morgan fingerprint density at radius 3 is 2.75 bits per heavy atom. The Morgan fingerprint density at radius 1 is 1.11 bits per heavy atom. The molecule has 0 radical (unpaired) electrons. The summed E-state index contributed by atoms with van der Waals surface area (Å²) in [6.45, 7) is 2.95. The Morgan fingerprint density at radius 2 is 1.93 bits per heavy atom. The molecule has 0 unspecified atom stereocenters. The first kappa shape index (κ1) is 17.1. The monoisotopic (exact) mass is 375 g/mol. The highest BCUT2D eigenvalue weighted by Crippen LogP contribution is 2.33. The number of pyridine rings is 1. The summed E-state index contributed by atoms with van der Waals surface area (Å²) < 4.78 is 13.2. The minimum atomic E-state index is -0.223. The van der Waals surface area contributed by atoms with Crippen LogP contribution in [0.15, 0.2) is 55.0 Å². The van der Waals surface area contributed by atoms with Crippen LogP contribution >= 0.6 is 0 Å². The molecule has 5 rings (SSSR count). The highest BCUT2D eigenvalue weighted by molar-refractivity contribution is 5.80. The third kappa shape index (κ3) is 3.20. The molecule has 1 aliphatic heterocycles. The summed E-state index contributed by atoms with van der Waals surface area (Å²) in [5, 5.41) is 8.54. The van der Waals surface area contributed by atoms with Crippen molar-refractivity contribution in [2.45, 2.75) is 25.3 Å². The lowest BCUT2D eigenvalue weighted by Crippen LogP contribution is -2.32. The lowest BCUT2D eigenvalue weighted by atomic mass is 9.89. The summed E-state index contributed by atoms with van der Waals surface area (Å²) in [7, 11) is 0. The van der Waals surface area contributed by atoms with Crippen molar-refractivity contribution < 1.29 is 4.39 Å². The van der Waals surface area contributed by atoms with Crippen LogP contribution in [0.4, 0.5) is 4.39 Å². The second-order valence-electron chi connectivity index (χ2n) is 7.47. The molecule has 0 amide bonds. The quantitative estimate of drug-likeness (QED) is 0.553. The van der Waals surface area contributed by atoms with Gasteiger partial charge >= 0.3 is 0 Å². The van der Waals surface area contributed by atoms with Gasteiger partial charge in [-0.3, -0.25) is 10.00 Å². The molecular formula is C22H22FN5. The first-order chi connectivity index (χ1) is 13.8. The highest BCUT2D eigenvalue weighted by Gasteiger charge is 2.24. The molecule has 1 saturated heterocycles. The van der Waals surface area contributed by atoms with E-state index in [4.69, 9.17) is 0 Å². The van der Waals surface area contributed by atoms with E-state index in [1.807, 2.05) is 18.5 Å². The van der Waals surface area contributed by atoms with Crippen molar-refractivity contribution in [2.24, 2.45) is 0 Å². The van der Waals surface area contributed by atoms with E-state index in [1.54, 1.807) is 12.1 Å². The lowest BCUT2D eigenvalue weighted by molar-refractivity contribution is 0.205. The molecule has 1 fully saturated rings. The Balaban J connectivity index is 1.27. The van der Waals surface area contributed by atoms with Gasteiger partial charge in [0.2, 0.25) is 0 Å². The molecule has 142 valence electrons. The minimum absolute atomic E-state index is 0.223. The summed E-state index contributed by atoms with van der Waals surface area (Å²) in [4.78, 5) is 10.2. The van der Waals surface area contributed by atoms with Gasteiger partial charge in [-0.25, -0.2) is 9.37 Å². The van der Waals surface area contributed by atoms with Gasteiger partial charge in [0.1, 0.15) is 11.5 Å². The van der Waals surface area contributed by atoms with Crippen LogP contribution in [0.25, 0.3) is 22.3 Å². The number of piperidine rings is 1. The van der Waals surface area contributed by atoms with Gasteiger partial charge in [0, 0.05) is 35.5 Å². The van der Waals surface area contributed by atoms with Crippen LogP contribution in [0.2, 0.25) is 0 Å². The smallest absolute Gasteiger partial charge is 0.137 e. The second kappa shape index (κ2) is 7.20. The van der Waals surface area contributed by atoms with Crippen LogP contribution in [0.5, 0.6) is 0 Å². The Labute approximate surface area is 162 Å². The zero-order chi connectivity index (χ0) is 18.9.